The van der Waals surface area contributed by atoms with Crippen LogP contribution in [-0.2, 0) is 6.54 Å². The van der Waals surface area contributed by atoms with Gasteiger partial charge in [0.15, 0.2) is 0 Å². The number of fused-ring (bicyclic) bond motifs is 1. The highest BCUT2D eigenvalue weighted by Crippen LogP contribution is 2.43. The first-order chi connectivity index (χ1) is 14.8. The largest absolute Gasteiger partial charge is 0.381 e. The zero-order valence-electron chi connectivity index (χ0n) is 16.9. The molecule has 1 aromatic heterocycles. The second kappa shape index (κ2) is 8.28. The standard InChI is InChI=1S/C25H26N4O/c30-25(20-6-8-22(9-7-20)28-14-18-10-12-26-13-11-18)29-17-21-15-27-16-23(21)24(29)19-4-2-1-3-5-19/h1-13,21,23-24,27-28H,14-17H2/t21-,23-,24-/m0/s1. The maximum Gasteiger partial charge on any atom is 0.254 e. The van der Waals surface area contributed by atoms with Crippen LogP contribution in [0.3, 0.4) is 0 Å². The summed E-state index contributed by atoms with van der Waals surface area (Å²) in [6.07, 6.45) is 3.59. The lowest BCUT2D eigenvalue weighted by molar-refractivity contribution is 0.0714. The Morgan fingerprint density at radius 2 is 1.77 bits per heavy atom. The lowest BCUT2D eigenvalue weighted by Crippen LogP contribution is -2.34. The number of benzene rings is 2. The van der Waals surface area contributed by atoms with E-state index in [1.165, 1.54) is 11.1 Å². The fraction of sp³-hybridized carbons (Fsp3) is 0.280. The number of rotatable bonds is 5. The van der Waals surface area contributed by atoms with Crippen molar-refractivity contribution in [1.82, 2.24) is 15.2 Å². The Morgan fingerprint density at radius 1 is 1.00 bits per heavy atom. The normalized spacial score (nSPS) is 22.7. The minimum atomic E-state index is 0.124. The number of pyridine rings is 1. The molecule has 2 fully saturated rings. The number of hydrogen-bond donors (Lipinski definition) is 2. The third-order valence-corrected chi connectivity index (χ3v) is 6.34. The van der Waals surface area contributed by atoms with Crippen LogP contribution in [-0.4, -0.2) is 35.4 Å². The average molecular weight is 399 g/mol. The molecule has 0 aliphatic carbocycles. The molecule has 152 valence electrons. The summed E-state index contributed by atoms with van der Waals surface area (Å²) in [4.78, 5) is 19.6. The van der Waals surface area contributed by atoms with Gasteiger partial charge in [0.2, 0.25) is 0 Å². The van der Waals surface area contributed by atoms with Crippen LogP contribution in [0.4, 0.5) is 5.69 Å². The number of carbonyl (C=O) groups excluding carboxylic acids is 1. The van der Waals surface area contributed by atoms with Gasteiger partial charge >= 0.3 is 0 Å². The van der Waals surface area contributed by atoms with E-state index in [4.69, 9.17) is 0 Å². The number of amides is 1. The minimum Gasteiger partial charge on any atom is -0.381 e. The van der Waals surface area contributed by atoms with Crippen LogP contribution in [0.2, 0.25) is 0 Å². The minimum absolute atomic E-state index is 0.124. The molecule has 2 saturated heterocycles. The van der Waals surface area contributed by atoms with Crippen LogP contribution >= 0.6 is 0 Å². The molecule has 2 aliphatic heterocycles. The van der Waals surface area contributed by atoms with Crippen LogP contribution in [0.25, 0.3) is 0 Å². The van der Waals surface area contributed by atoms with E-state index < -0.39 is 0 Å². The Kier molecular flexibility index (Phi) is 5.20. The third-order valence-electron chi connectivity index (χ3n) is 6.34. The second-order valence-electron chi connectivity index (χ2n) is 8.18. The SMILES string of the molecule is O=C(c1ccc(NCc2ccncc2)cc1)N1C[C@@H]2CNC[C@@H]2[C@@H]1c1ccccc1. The molecule has 1 amide bonds. The maximum absolute atomic E-state index is 13.4. The molecular formula is C25H26N4O. The summed E-state index contributed by atoms with van der Waals surface area (Å²) in [6.45, 7) is 3.52. The van der Waals surface area contributed by atoms with Crippen LogP contribution in [0.5, 0.6) is 0 Å². The van der Waals surface area contributed by atoms with Gasteiger partial charge in [-0.15, -0.1) is 0 Å². The highest BCUT2D eigenvalue weighted by molar-refractivity contribution is 5.95. The summed E-state index contributed by atoms with van der Waals surface area (Å²) in [6, 6.07) is 22.5. The molecule has 2 aromatic carbocycles. The molecule has 0 bridgehead atoms. The summed E-state index contributed by atoms with van der Waals surface area (Å²) in [7, 11) is 0. The summed E-state index contributed by atoms with van der Waals surface area (Å²) >= 11 is 0. The number of likely N-dealkylation sites (tertiary alicyclic amines) is 1. The number of hydrogen-bond acceptors (Lipinski definition) is 4. The molecule has 0 radical (unpaired) electrons. The van der Waals surface area contributed by atoms with Crippen molar-refractivity contribution in [3.05, 3.63) is 95.8 Å². The van der Waals surface area contributed by atoms with Crippen molar-refractivity contribution in [2.24, 2.45) is 11.8 Å². The van der Waals surface area contributed by atoms with E-state index in [2.05, 4.69) is 44.8 Å². The van der Waals surface area contributed by atoms with Crippen LogP contribution in [0.1, 0.15) is 27.5 Å². The second-order valence-corrected chi connectivity index (χ2v) is 8.18. The number of anilines is 1. The van der Waals surface area contributed by atoms with E-state index in [0.717, 1.165) is 37.4 Å². The van der Waals surface area contributed by atoms with E-state index in [0.29, 0.717) is 11.8 Å². The van der Waals surface area contributed by atoms with Gasteiger partial charge in [0, 0.05) is 55.7 Å². The molecule has 30 heavy (non-hydrogen) atoms. The van der Waals surface area contributed by atoms with Gasteiger partial charge in [-0.3, -0.25) is 9.78 Å². The number of nitrogens with zero attached hydrogens (tertiary/aromatic N) is 2. The van der Waals surface area contributed by atoms with Crippen LogP contribution in [0.15, 0.2) is 79.1 Å². The summed E-state index contributed by atoms with van der Waals surface area (Å²) in [5.41, 5.74) is 4.16. The van der Waals surface area contributed by atoms with Crippen molar-refractivity contribution >= 4 is 11.6 Å². The predicted molar refractivity (Wildman–Crippen MR) is 118 cm³/mol. The highest BCUT2D eigenvalue weighted by atomic mass is 16.2. The molecule has 0 saturated carbocycles. The van der Waals surface area contributed by atoms with Gasteiger partial charge in [0.05, 0.1) is 6.04 Å². The lowest BCUT2D eigenvalue weighted by Gasteiger charge is -2.28. The zero-order valence-corrected chi connectivity index (χ0v) is 16.9. The molecule has 2 N–H and O–H groups in total. The molecule has 2 aliphatic rings. The van der Waals surface area contributed by atoms with E-state index in [1.807, 2.05) is 42.5 Å². The van der Waals surface area contributed by atoms with Gasteiger partial charge in [-0.1, -0.05) is 30.3 Å². The fourth-order valence-corrected chi connectivity index (χ4v) is 4.81. The molecule has 3 heterocycles. The van der Waals surface area contributed by atoms with Crippen molar-refractivity contribution in [1.29, 1.82) is 0 Å². The average Bonchev–Trinajstić information content (AvgIpc) is 3.40. The molecule has 5 rings (SSSR count). The molecule has 3 atom stereocenters. The number of aromatic nitrogens is 1. The number of carbonyl (C=O) groups is 1. The van der Waals surface area contributed by atoms with E-state index in [1.54, 1.807) is 12.4 Å². The van der Waals surface area contributed by atoms with Gasteiger partial charge in [-0.05, 0) is 53.4 Å². The van der Waals surface area contributed by atoms with Crippen molar-refractivity contribution in [2.45, 2.75) is 12.6 Å². The van der Waals surface area contributed by atoms with Crippen LogP contribution < -0.4 is 10.6 Å². The predicted octanol–water partition coefficient (Wildman–Crippen LogP) is 3.73. The van der Waals surface area contributed by atoms with E-state index >= 15 is 0 Å². The topological polar surface area (TPSA) is 57.3 Å². The fourth-order valence-electron chi connectivity index (χ4n) is 4.81. The zero-order chi connectivity index (χ0) is 20.3. The molecule has 5 heteroatoms. The third kappa shape index (κ3) is 3.68. The smallest absolute Gasteiger partial charge is 0.254 e. The monoisotopic (exact) mass is 398 g/mol. The van der Waals surface area contributed by atoms with Crippen molar-refractivity contribution in [2.75, 3.05) is 25.0 Å². The molecule has 5 nitrogen and oxygen atoms in total. The van der Waals surface area contributed by atoms with E-state index in [-0.39, 0.29) is 11.9 Å². The van der Waals surface area contributed by atoms with E-state index in [9.17, 15) is 4.79 Å². The first-order valence-electron chi connectivity index (χ1n) is 10.6. The Bertz CT molecular complexity index is 991. The Balaban J connectivity index is 1.32. The number of nitrogens with one attached hydrogen (secondary N) is 2. The molecular weight excluding hydrogens is 372 g/mol. The quantitative estimate of drug-likeness (QED) is 0.688. The Morgan fingerprint density at radius 3 is 2.53 bits per heavy atom. The summed E-state index contributed by atoms with van der Waals surface area (Å²) < 4.78 is 0. The van der Waals surface area contributed by atoms with Gasteiger partial charge < -0.3 is 15.5 Å². The Labute approximate surface area is 177 Å². The molecule has 0 spiro atoms. The summed E-state index contributed by atoms with van der Waals surface area (Å²) in [5.74, 6) is 1.14. The van der Waals surface area contributed by atoms with Gasteiger partial charge in [-0.25, -0.2) is 0 Å². The van der Waals surface area contributed by atoms with Crippen LogP contribution in [0, 0.1) is 11.8 Å². The highest BCUT2D eigenvalue weighted by Gasteiger charge is 2.46. The molecule has 0 unspecified atom stereocenters. The summed E-state index contributed by atoms with van der Waals surface area (Å²) in [5, 5.41) is 6.91. The molecule has 3 aromatic rings. The lowest BCUT2D eigenvalue weighted by atomic mass is 9.89. The maximum atomic E-state index is 13.4. The van der Waals surface area contributed by atoms with Crippen molar-refractivity contribution in [3.63, 3.8) is 0 Å². The first kappa shape index (κ1) is 18.8. The van der Waals surface area contributed by atoms with Crippen molar-refractivity contribution in [3.8, 4) is 0 Å². The van der Waals surface area contributed by atoms with Crippen molar-refractivity contribution < 1.29 is 4.79 Å². The van der Waals surface area contributed by atoms with Gasteiger partial charge in [-0.2, -0.15) is 0 Å². The first-order valence-corrected chi connectivity index (χ1v) is 10.6. The van der Waals surface area contributed by atoms with Gasteiger partial charge in [0.25, 0.3) is 5.91 Å². The van der Waals surface area contributed by atoms with Gasteiger partial charge in [0.1, 0.15) is 0 Å². The Hall–Kier alpha value is -3.18.